The third-order valence-electron chi connectivity index (χ3n) is 2.99. The van der Waals surface area contributed by atoms with Gasteiger partial charge in [0.2, 0.25) is 0 Å². The highest BCUT2D eigenvalue weighted by Gasteiger charge is 2.50. The molecule has 0 radical (unpaired) electrons. The summed E-state index contributed by atoms with van der Waals surface area (Å²) >= 11 is 0. The molecule has 0 aromatic carbocycles. The van der Waals surface area contributed by atoms with Crippen molar-refractivity contribution in [3.63, 3.8) is 0 Å². The normalized spacial score (nSPS) is 16.0. The average molecular weight is 252 g/mol. The summed E-state index contributed by atoms with van der Waals surface area (Å²) in [4.78, 5) is 35.7. The predicted octanol–water partition coefficient (Wildman–Crippen LogP) is -0.325. The molecule has 4 N–H and O–H groups in total. The van der Waals surface area contributed by atoms with Gasteiger partial charge in [-0.1, -0.05) is 0 Å². The monoisotopic (exact) mass is 252 g/mol. The lowest BCUT2D eigenvalue weighted by Gasteiger charge is -2.10. The van der Waals surface area contributed by atoms with Gasteiger partial charge >= 0.3 is 5.97 Å². The molecule has 0 spiro atoms. The summed E-state index contributed by atoms with van der Waals surface area (Å²) in [6.45, 7) is 0.0225. The third kappa shape index (κ3) is 2.34. The fraction of sp³-hybridized carbons (Fsp3) is 0.364. The first-order chi connectivity index (χ1) is 8.43. The molecule has 0 atom stereocenters. The fourth-order valence-corrected chi connectivity index (χ4v) is 1.63. The molecule has 0 unspecified atom stereocenters. The number of aromatic hydroxyl groups is 1. The standard InChI is InChI=1S/C11H12N2O5/c14-7-3-6(4-8(15)13-7)9(16)12-5-11(1-2-11)10(17)18/h3-4H,1-2,5H2,(H,12,16)(H,17,18)(H2,13,14,15). The van der Waals surface area contributed by atoms with Crippen LogP contribution in [0.25, 0.3) is 0 Å². The van der Waals surface area contributed by atoms with Crippen molar-refractivity contribution in [2.75, 3.05) is 6.54 Å². The molecule has 1 aliphatic carbocycles. The fourth-order valence-electron chi connectivity index (χ4n) is 1.63. The van der Waals surface area contributed by atoms with Crippen molar-refractivity contribution in [1.29, 1.82) is 0 Å². The zero-order chi connectivity index (χ0) is 13.3. The molecule has 7 heteroatoms. The average Bonchev–Trinajstić information content (AvgIpc) is 3.05. The molecule has 7 nitrogen and oxygen atoms in total. The number of H-pyrrole nitrogens is 1. The Kier molecular flexibility index (Phi) is 2.82. The van der Waals surface area contributed by atoms with Crippen LogP contribution in [0.3, 0.4) is 0 Å². The predicted molar refractivity (Wildman–Crippen MR) is 60.4 cm³/mol. The van der Waals surface area contributed by atoms with Gasteiger partial charge in [0.1, 0.15) is 0 Å². The van der Waals surface area contributed by atoms with Crippen LogP contribution in [-0.2, 0) is 4.79 Å². The van der Waals surface area contributed by atoms with E-state index in [4.69, 9.17) is 10.2 Å². The molecule has 1 amide bonds. The van der Waals surface area contributed by atoms with Crippen molar-refractivity contribution >= 4 is 11.9 Å². The molecule has 1 heterocycles. The lowest BCUT2D eigenvalue weighted by molar-refractivity contribution is -0.143. The first kappa shape index (κ1) is 12.2. The number of carbonyl (C=O) groups is 2. The molecule has 1 aromatic heterocycles. The van der Waals surface area contributed by atoms with Crippen LogP contribution in [0, 0.1) is 5.41 Å². The van der Waals surface area contributed by atoms with Crippen molar-refractivity contribution in [2.24, 2.45) is 5.41 Å². The summed E-state index contributed by atoms with van der Waals surface area (Å²) < 4.78 is 0. The van der Waals surface area contributed by atoms with Gasteiger partial charge in [0, 0.05) is 18.7 Å². The van der Waals surface area contributed by atoms with E-state index in [1.54, 1.807) is 0 Å². The molecule has 1 fully saturated rings. The third-order valence-corrected chi connectivity index (χ3v) is 2.99. The largest absolute Gasteiger partial charge is 0.494 e. The van der Waals surface area contributed by atoms with Crippen LogP contribution >= 0.6 is 0 Å². The minimum Gasteiger partial charge on any atom is -0.494 e. The summed E-state index contributed by atoms with van der Waals surface area (Å²) in [6, 6.07) is 2.15. The highest BCUT2D eigenvalue weighted by atomic mass is 16.4. The van der Waals surface area contributed by atoms with E-state index in [0.717, 1.165) is 12.1 Å². The molecule has 0 aliphatic heterocycles. The second-order valence-electron chi connectivity index (χ2n) is 4.39. The first-order valence-corrected chi connectivity index (χ1v) is 5.38. The van der Waals surface area contributed by atoms with E-state index < -0.39 is 28.7 Å². The summed E-state index contributed by atoms with van der Waals surface area (Å²) in [5.74, 6) is -1.92. The Hall–Kier alpha value is -2.31. The maximum atomic E-state index is 11.7. The van der Waals surface area contributed by atoms with Crippen LogP contribution in [0.1, 0.15) is 23.2 Å². The Morgan fingerprint density at radius 2 is 2.06 bits per heavy atom. The van der Waals surface area contributed by atoms with Crippen LogP contribution in [0.4, 0.5) is 0 Å². The number of hydrogen-bond donors (Lipinski definition) is 4. The van der Waals surface area contributed by atoms with Gasteiger partial charge in [-0.15, -0.1) is 0 Å². The maximum Gasteiger partial charge on any atom is 0.311 e. The molecular weight excluding hydrogens is 240 g/mol. The number of aliphatic carboxylic acids is 1. The van der Waals surface area contributed by atoms with Gasteiger partial charge < -0.3 is 15.5 Å². The second kappa shape index (κ2) is 4.17. The van der Waals surface area contributed by atoms with Crippen molar-refractivity contribution in [1.82, 2.24) is 10.3 Å². The quantitative estimate of drug-likeness (QED) is 0.585. The number of carboxylic acid groups (broad SMARTS) is 1. The van der Waals surface area contributed by atoms with E-state index in [1.165, 1.54) is 0 Å². The summed E-state index contributed by atoms with van der Waals surface area (Å²) in [6.07, 6.45) is 1.06. The Bertz CT molecular complexity index is 559. The minimum absolute atomic E-state index is 0.00237. The van der Waals surface area contributed by atoms with Crippen LogP contribution in [0.5, 0.6) is 5.88 Å². The van der Waals surface area contributed by atoms with Crippen molar-refractivity contribution in [3.05, 3.63) is 28.0 Å². The van der Waals surface area contributed by atoms with E-state index >= 15 is 0 Å². The highest BCUT2D eigenvalue weighted by Crippen LogP contribution is 2.45. The van der Waals surface area contributed by atoms with E-state index in [1.807, 2.05) is 0 Å². The van der Waals surface area contributed by atoms with E-state index in [2.05, 4.69) is 10.3 Å². The number of carboxylic acids is 1. The van der Waals surface area contributed by atoms with Crippen molar-refractivity contribution < 1.29 is 19.8 Å². The number of aromatic nitrogens is 1. The summed E-state index contributed by atoms with van der Waals surface area (Å²) in [5.41, 5.74) is -1.46. The Morgan fingerprint density at radius 1 is 1.39 bits per heavy atom. The smallest absolute Gasteiger partial charge is 0.311 e. The van der Waals surface area contributed by atoms with Crippen LogP contribution in [0.15, 0.2) is 16.9 Å². The first-order valence-electron chi connectivity index (χ1n) is 5.38. The van der Waals surface area contributed by atoms with Crippen molar-refractivity contribution in [3.8, 4) is 5.88 Å². The van der Waals surface area contributed by atoms with E-state index in [9.17, 15) is 14.4 Å². The molecule has 2 rings (SSSR count). The Balaban J connectivity index is 2.04. The number of pyridine rings is 1. The molecule has 18 heavy (non-hydrogen) atoms. The van der Waals surface area contributed by atoms with Crippen LogP contribution < -0.4 is 10.9 Å². The van der Waals surface area contributed by atoms with Gasteiger partial charge in [-0.05, 0) is 12.8 Å². The van der Waals surface area contributed by atoms with Crippen LogP contribution in [-0.4, -0.2) is 33.6 Å². The lowest BCUT2D eigenvalue weighted by atomic mass is 10.1. The van der Waals surface area contributed by atoms with Gasteiger partial charge in [0.25, 0.3) is 11.5 Å². The molecule has 96 valence electrons. The van der Waals surface area contributed by atoms with E-state index in [0.29, 0.717) is 12.8 Å². The molecular formula is C11H12N2O5. The van der Waals surface area contributed by atoms with Gasteiger partial charge in [-0.3, -0.25) is 19.4 Å². The molecule has 1 aliphatic rings. The topological polar surface area (TPSA) is 119 Å². The molecule has 1 aromatic rings. The van der Waals surface area contributed by atoms with Gasteiger partial charge in [-0.25, -0.2) is 0 Å². The minimum atomic E-state index is -0.934. The van der Waals surface area contributed by atoms with Gasteiger partial charge in [0.05, 0.1) is 11.0 Å². The number of carbonyl (C=O) groups excluding carboxylic acids is 1. The van der Waals surface area contributed by atoms with E-state index in [-0.39, 0.29) is 12.1 Å². The molecule has 0 saturated heterocycles. The number of aromatic amines is 1. The zero-order valence-corrected chi connectivity index (χ0v) is 9.40. The number of nitrogens with one attached hydrogen (secondary N) is 2. The second-order valence-corrected chi connectivity index (χ2v) is 4.39. The summed E-state index contributed by atoms with van der Waals surface area (Å²) in [5, 5.41) is 20.5. The highest BCUT2D eigenvalue weighted by molar-refractivity contribution is 5.94. The molecule has 0 bridgehead atoms. The molecule has 1 saturated carbocycles. The number of amides is 1. The Morgan fingerprint density at radius 3 is 2.56 bits per heavy atom. The van der Waals surface area contributed by atoms with Crippen LogP contribution in [0.2, 0.25) is 0 Å². The van der Waals surface area contributed by atoms with Gasteiger partial charge in [0.15, 0.2) is 5.88 Å². The number of rotatable bonds is 4. The summed E-state index contributed by atoms with van der Waals surface area (Å²) in [7, 11) is 0. The van der Waals surface area contributed by atoms with Gasteiger partial charge in [-0.2, -0.15) is 0 Å². The lowest BCUT2D eigenvalue weighted by Crippen LogP contribution is -2.34. The maximum absolute atomic E-state index is 11.7. The zero-order valence-electron chi connectivity index (χ0n) is 9.40. The van der Waals surface area contributed by atoms with Crippen molar-refractivity contribution in [2.45, 2.75) is 12.8 Å². The SMILES string of the molecule is O=C(NCC1(C(=O)O)CC1)c1cc(O)[nH]c(=O)c1. The number of hydrogen-bond acceptors (Lipinski definition) is 4. The Labute approximate surface area is 101 Å².